The molecule has 2 aromatic carbocycles. The van der Waals surface area contributed by atoms with Gasteiger partial charge in [-0.1, -0.05) is 0 Å². The molecular weight excluding hydrogens is 363 g/mol. The standard InChI is InChI=1S/C19H20F3NO4/c1-12(16-10-15(25-2)8-9-17(16)26-3)23-18(24)13-4-6-14(7-5-13)27-11-19(20,21)22/h4-10,12H,11H2,1-3H3,(H,23,24). The van der Waals surface area contributed by atoms with Gasteiger partial charge in [0.1, 0.15) is 17.2 Å². The Morgan fingerprint density at radius 1 is 1.04 bits per heavy atom. The number of methoxy groups -OCH3 is 2. The van der Waals surface area contributed by atoms with Crippen LogP contribution in [-0.4, -0.2) is 32.9 Å². The number of carbonyl (C=O) groups is 1. The van der Waals surface area contributed by atoms with Crippen molar-refractivity contribution in [3.63, 3.8) is 0 Å². The van der Waals surface area contributed by atoms with E-state index in [9.17, 15) is 18.0 Å². The van der Waals surface area contributed by atoms with Crippen molar-refractivity contribution in [2.75, 3.05) is 20.8 Å². The normalized spacial score (nSPS) is 12.2. The van der Waals surface area contributed by atoms with Crippen LogP contribution in [0.3, 0.4) is 0 Å². The number of benzene rings is 2. The van der Waals surface area contributed by atoms with Crippen molar-refractivity contribution in [1.29, 1.82) is 0 Å². The van der Waals surface area contributed by atoms with Gasteiger partial charge in [0, 0.05) is 11.1 Å². The molecule has 1 atom stereocenters. The second-order valence-corrected chi connectivity index (χ2v) is 5.73. The molecule has 1 unspecified atom stereocenters. The Morgan fingerprint density at radius 3 is 2.22 bits per heavy atom. The number of carbonyl (C=O) groups excluding carboxylic acids is 1. The van der Waals surface area contributed by atoms with Crippen molar-refractivity contribution in [3.05, 3.63) is 53.6 Å². The highest BCUT2D eigenvalue weighted by molar-refractivity contribution is 5.94. The molecule has 1 N–H and O–H groups in total. The molecule has 2 aromatic rings. The molecule has 0 heterocycles. The minimum atomic E-state index is -4.42. The Kier molecular flexibility index (Phi) is 6.55. The van der Waals surface area contributed by atoms with Crippen LogP contribution in [0.4, 0.5) is 13.2 Å². The third kappa shape index (κ3) is 5.80. The fraction of sp³-hybridized carbons (Fsp3) is 0.316. The average Bonchev–Trinajstić information content (AvgIpc) is 2.65. The van der Waals surface area contributed by atoms with Crippen LogP contribution >= 0.6 is 0 Å². The number of halogens is 3. The average molecular weight is 383 g/mol. The first-order chi connectivity index (χ1) is 12.7. The number of nitrogens with one attached hydrogen (secondary N) is 1. The van der Waals surface area contributed by atoms with Gasteiger partial charge in [0.05, 0.1) is 20.3 Å². The highest BCUT2D eigenvalue weighted by Crippen LogP contribution is 2.29. The fourth-order valence-corrected chi connectivity index (χ4v) is 2.40. The molecule has 0 saturated heterocycles. The molecule has 0 aliphatic carbocycles. The highest BCUT2D eigenvalue weighted by Gasteiger charge is 2.28. The predicted octanol–water partition coefficient (Wildman–Crippen LogP) is 4.14. The molecule has 0 saturated carbocycles. The largest absolute Gasteiger partial charge is 0.497 e. The minimum Gasteiger partial charge on any atom is -0.497 e. The predicted molar refractivity (Wildman–Crippen MR) is 93.4 cm³/mol. The van der Waals surface area contributed by atoms with Gasteiger partial charge in [-0.2, -0.15) is 13.2 Å². The van der Waals surface area contributed by atoms with Gasteiger partial charge in [0.25, 0.3) is 5.91 Å². The Labute approximate surface area is 155 Å². The van der Waals surface area contributed by atoms with Crippen molar-refractivity contribution >= 4 is 5.91 Å². The molecule has 0 spiro atoms. The van der Waals surface area contributed by atoms with E-state index in [0.29, 0.717) is 17.1 Å². The summed E-state index contributed by atoms with van der Waals surface area (Å²) >= 11 is 0. The lowest BCUT2D eigenvalue weighted by Crippen LogP contribution is -2.27. The molecule has 0 radical (unpaired) electrons. The molecule has 2 rings (SSSR count). The highest BCUT2D eigenvalue weighted by atomic mass is 19.4. The summed E-state index contributed by atoms with van der Waals surface area (Å²) in [6.07, 6.45) is -4.42. The van der Waals surface area contributed by atoms with Crippen molar-refractivity contribution in [2.24, 2.45) is 0 Å². The van der Waals surface area contributed by atoms with Gasteiger partial charge < -0.3 is 19.5 Å². The molecule has 0 aliphatic rings. The molecule has 5 nitrogen and oxygen atoms in total. The SMILES string of the molecule is COc1ccc(OC)c(C(C)NC(=O)c2ccc(OCC(F)(F)F)cc2)c1. The van der Waals surface area contributed by atoms with Crippen LogP contribution in [0.5, 0.6) is 17.2 Å². The maximum Gasteiger partial charge on any atom is 0.422 e. The first-order valence-corrected chi connectivity index (χ1v) is 8.06. The van der Waals surface area contributed by atoms with Crippen LogP contribution in [0.15, 0.2) is 42.5 Å². The summed E-state index contributed by atoms with van der Waals surface area (Å²) in [6, 6.07) is 10.3. The lowest BCUT2D eigenvalue weighted by atomic mass is 10.1. The quantitative estimate of drug-likeness (QED) is 0.781. The Bertz CT molecular complexity index is 776. The summed E-state index contributed by atoms with van der Waals surface area (Å²) in [5.74, 6) is 0.874. The van der Waals surface area contributed by atoms with E-state index in [1.165, 1.54) is 38.5 Å². The van der Waals surface area contributed by atoms with E-state index in [4.69, 9.17) is 9.47 Å². The summed E-state index contributed by atoms with van der Waals surface area (Å²) in [4.78, 5) is 12.4. The van der Waals surface area contributed by atoms with Crippen molar-refractivity contribution in [2.45, 2.75) is 19.1 Å². The van der Waals surface area contributed by atoms with Crippen molar-refractivity contribution < 1.29 is 32.2 Å². The lowest BCUT2D eigenvalue weighted by Gasteiger charge is -2.18. The number of rotatable bonds is 7. The van der Waals surface area contributed by atoms with E-state index in [0.717, 1.165) is 5.56 Å². The minimum absolute atomic E-state index is 0.0337. The molecule has 8 heteroatoms. The molecule has 1 amide bonds. The molecular formula is C19H20F3NO4. The first kappa shape index (κ1) is 20.4. The van der Waals surface area contributed by atoms with Crippen LogP contribution in [0.25, 0.3) is 0 Å². The van der Waals surface area contributed by atoms with Crippen molar-refractivity contribution in [1.82, 2.24) is 5.32 Å². The molecule has 0 aliphatic heterocycles. The smallest absolute Gasteiger partial charge is 0.422 e. The third-order valence-corrected chi connectivity index (χ3v) is 3.77. The molecule has 0 aromatic heterocycles. The van der Waals surface area contributed by atoms with Gasteiger partial charge in [-0.3, -0.25) is 4.79 Å². The van der Waals surface area contributed by atoms with Crippen LogP contribution in [0, 0.1) is 0 Å². The lowest BCUT2D eigenvalue weighted by molar-refractivity contribution is -0.153. The summed E-state index contributed by atoms with van der Waals surface area (Å²) in [5, 5.41) is 2.82. The molecule has 0 fully saturated rings. The maximum atomic E-state index is 12.4. The van der Waals surface area contributed by atoms with Crippen LogP contribution in [0.2, 0.25) is 0 Å². The van der Waals surface area contributed by atoms with Crippen LogP contribution in [0.1, 0.15) is 28.9 Å². The zero-order valence-corrected chi connectivity index (χ0v) is 15.1. The summed E-state index contributed by atoms with van der Waals surface area (Å²) in [7, 11) is 3.07. The number of hydrogen-bond donors (Lipinski definition) is 1. The summed E-state index contributed by atoms with van der Waals surface area (Å²) in [6.45, 7) is 0.404. The van der Waals surface area contributed by atoms with E-state index in [2.05, 4.69) is 10.1 Å². The van der Waals surface area contributed by atoms with Gasteiger partial charge in [-0.15, -0.1) is 0 Å². The Hall–Kier alpha value is -2.90. The first-order valence-electron chi connectivity index (χ1n) is 8.06. The Balaban J connectivity index is 2.06. The fourth-order valence-electron chi connectivity index (χ4n) is 2.40. The zero-order valence-electron chi connectivity index (χ0n) is 15.1. The topological polar surface area (TPSA) is 56.8 Å². The van der Waals surface area contributed by atoms with Gasteiger partial charge in [0.2, 0.25) is 0 Å². The monoisotopic (exact) mass is 383 g/mol. The van der Waals surface area contributed by atoms with E-state index < -0.39 is 12.8 Å². The second kappa shape index (κ2) is 8.66. The Morgan fingerprint density at radius 2 is 1.67 bits per heavy atom. The van der Waals surface area contributed by atoms with Gasteiger partial charge in [-0.25, -0.2) is 0 Å². The van der Waals surface area contributed by atoms with Gasteiger partial charge >= 0.3 is 6.18 Å². The number of alkyl halides is 3. The molecule has 146 valence electrons. The van der Waals surface area contributed by atoms with E-state index in [1.54, 1.807) is 25.1 Å². The maximum absolute atomic E-state index is 12.4. The number of hydrogen-bond acceptors (Lipinski definition) is 4. The molecule has 27 heavy (non-hydrogen) atoms. The second-order valence-electron chi connectivity index (χ2n) is 5.73. The van der Waals surface area contributed by atoms with Crippen LogP contribution in [-0.2, 0) is 0 Å². The van der Waals surface area contributed by atoms with Gasteiger partial charge in [0.15, 0.2) is 6.61 Å². The van der Waals surface area contributed by atoms with Crippen molar-refractivity contribution in [3.8, 4) is 17.2 Å². The molecule has 0 bridgehead atoms. The number of ether oxygens (including phenoxy) is 3. The number of amides is 1. The van der Waals surface area contributed by atoms with E-state index >= 15 is 0 Å². The van der Waals surface area contributed by atoms with Gasteiger partial charge in [-0.05, 0) is 49.4 Å². The summed E-state index contributed by atoms with van der Waals surface area (Å²) < 4.78 is 51.6. The van der Waals surface area contributed by atoms with Crippen LogP contribution < -0.4 is 19.5 Å². The third-order valence-electron chi connectivity index (χ3n) is 3.77. The van der Waals surface area contributed by atoms with E-state index in [-0.39, 0.29) is 17.7 Å². The van der Waals surface area contributed by atoms with E-state index in [1.807, 2.05) is 0 Å². The zero-order chi connectivity index (χ0) is 20.0. The summed E-state index contributed by atoms with van der Waals surface area (Å²) in [5.41, 5.74) is 1.03.